The van der Waals surface area contributed by atoms with Crippen LogP contribution in [0.15, 0.2) is 71.5 Å². The number of aromatic amines is 1. The van der Waals surface area contributed by atoms with Crippen LogP contribution in [-0.4, -0.2) is 20.0 Å². The first kappa shape index (κ1) is 19.1. The van der Waals surface area contributed by atoms with Gasteiger partial charge in [-0.05, 0) is 30.9 Å². The van der Waals surface area contributed by atoms with Crippen molar-refractivity contribution in [1.82, 2.24) is 15.1 Å². The number of thioether (sulfide) groups is 1. The lowest BCUT2D eigenvalue weighted by molar-refractivity contribution is 0.106. The molecule has 6 rings (SSSR count). The Bertz CT molecular complexity index is 1120. The van der Waals surface area contributed by atoms with Gasteiger partial charge in [0.2, 0.25) is 11.8 Å². The Balaban J connectivity index is 1.49. The van der Waals surface area contributed by atoms with E-state index in [1.54, 1.807) is 0 Å². The molecule has 3 aromatic rings. The summed E-state index contributed by atoms with van der Waals surface area (Å²) in [5, 5.41) is 7.72. The third-order valence-electron chi connectivity index (χ3n) is 6.90. The average molecular weight is 430 g/mol. The predicted octanol–water partition coefficient (Wildman–Crippen LogP) is 6.32. The summed E-state index contributed by atoms with van der Waals surface area (Å²) in [6.07, 6.45) is 6.28. The van der Waals surface area contributed by atoms with Gasteiger partial charge in [-0.2, -0.15) is 0 Å². The Morgan fingerprint density at radius 3 is 2.48 bits per heavy atom. The highest BCUT2D eigenvalue weighted by atomic mass is 32.2. The first-order valence-electron chi connectivity index (χ1n) is 11.3. The minimum absolute atomic E-state index is 0.0763. The molecule has 5 heteroatoms. The van der Waals surface area contributed by atoms with Crippen molar-refractivity contribution in [1.29, 1.82) is 0 Å². The third kappa shape index (κ3) is 3.09. The molecule has 1 atom stereocenters. The molecule has 1 spiro atoms. The van der Waals surface area contributed by atoms with E-state index >= 15 is 0 Å². The number of aromatic nitrogens is 2. The Morgan fingerprint density at radius 1 is 1.03 bits per heavy atom. The van der Waals surface area contributed by atoms with Gasteiger partial charge >= 0.3 is 0 Å². The minimum atomic E-state index is 0.0763. The summed E-state index contributed by atoms with van der Waals surface area (Å²) < 4.78 is 6.58. The fourth-order valence-electron chi connectivity index (χ4n) is 5.39. The number of benzene rings is 2. The highest BCUT2D eigenvalue weighted by Crippen LogP contribution is 2.61. The van der Waals surface area contributed by atoms with Crippen LogP contribution in [0.5, 0.6) is 5.88 Å². The number of H-pyrrole nitrogens is 1. The molecule has 158 valence electrons. The number of hydrogen-bond donors (Lipinski definition) is 1. The Labute approximate surface area is 187 Å². The zero-order valence-electron chi connectivity index (χ0n) is 17.8. The molecule has 1 aromatic heterocycles. The summed E-state index contributed by atoms with van der Waals surface area (Å²) in [7, 11) is 0. The van der Waals surface area contributed by atoms with E-state index in [-0.39, 0.29) is 10.8 Å². The molecular formula is C26H27N3OS. The monoisotopic (exact) mass is 429 g/mol. The van der Waals surface area contributed by atoms with Crippen molar-refractivity contribution in [2.45, 2.75) is 56.4 Å². The smallest absolute Gasteiger partial charge is 0.244 e. The summed E-state index contributed by atoms with van der Waals surface area (Å²) in [4.78, 5) is 3.98. The molecule has 0 saturated heterocycles. The largest absolute Gasteiger partial charge is 0.420 e. The van der Waals surface area contributed by atoms with Crippen molar-refractivity contribution in [3.8, 4) is 5.88 Å². The number of hydrogen-bond acceptors (Lipinski definition) is 4. The molecule has 2 aliphatic heterocycles. The van der Waals surface area contributed by atoms with E-state index in [2.05, 4.69) is 94.4 Å². The summed E-state index contributed by atoms with van der Waals surface area (Å²) >= 11 is 2.06. The van der Waals surface area contributed by atoms with Crippen LogP contribution in [-0.2, 0) is 6.54 Å². The molecule has 3 aliphatic rings. The molecule has 1 saturated carbocycles. The van der Waals surface area contributed by atoms with E-state index in [0.717, 1.165) is 24.0 Å². The molecule has 0 amide bonds. The third-order valence-corrected chi connectivity index (χ3v) is 8.54. The number of allylic oxidation sites excluding steroid dienone is 1. The molecule has 0 radical (unpaired) electrons. The predicted molar refractivity (Wildman–Crippen MR) is 125 cm³/mol. The number of nitrogens with one attached hydrogen (secondary N) is 1. The van der Waals surface area contributed by atoms with Crippen molar-refractivity contribution in [3.63, 3.8) is 0 Å². The lowest BCUT2D eigenvalue weighted by atomic mass is 9.89. The second-order valence-corrected chi connectivity index (χ2v) is 10.3. The van der Waals surface area contributed by atoms with Gasteiger partial charge in [0.1, 0.15) is 0 Å². The minimum Gasteiger partial charge on any atom is -0.420 e. The van der Waals surface area contributed by atoms with E-state index < -0.39 is 0 Å². The second-order valence-electron chi connectivity index (χ2n) is 8.86. The van der Waals surface area contributed by atoms with Crippen LogP contribution in [0.3, 0.4) is 0 Å². The fraction of sp³-hybridized carbons (Fsp3) is 0.346. The molecule has 1 unspecified atom stereocenters. The van der Waals surface area contributed by atoms with Crippen LogP contribution < -0.4 is 4.74 Å². The second kappa shape index (κ2) is 7.49. The maximum Gasteiger partial charge on any atom is 0.244 e. The molecule has 0 bridgehead atoms. The van der Waals surface area contributed by atoms with Gasteiger partial charge in [0.25, 0.3) is 0 Å². The van der Waals surface area contributed by atoms with Gasteiger partial charge in [0, 0.05) is 17.8 Å². The van der Waals surface area contributed by atoms with Gasteiger partial charge in [0.15, 0.2) is 0 Å². The van der Waals surface area contributed by atoms with Gasteiger partial charge in [0.05, 0.1) is 15.7 Å². The molecule has 2 aromatic carbocycles. The Kier molecular flexibility index (Phi) is 4.60. The summed E-state index contributed by atoms with van der Waals surface area (Å²) in [6, 6.07) is 21.6. The van der Waals surface area contributed by atoms with Gasteiger partial charge in [-0.25, -0.2) is 0 Å². The van der Waals surface area contributed by atoms with Crippen LogP contribution in [0, 0.1) is 6.92 Å². The van der Waals surface area contributed by atoms with Crippen LogP contribution in [0.1, 0.15) is 60.4 Å². The van der Waals surface area contributed by atoms with E-state index in [1.165, 1.54) is 53.7 Å². The molecule has 1 aliphatic carbocycles. The molecule has 1 N–H and O–H groups in total. The molecule has 4 nitrogen and oxygen atoms in total. The normalized spacial score (nSPS) is 21.7. The highest BCUT2D eigenvalue weighted by molar-refractivity contribution is 8.04. The first-order chi connectivity index (χ1) is 15.3. The summed E-state index contributed by atoms with van der Waals surface area (Å²) in [5.74, 6) is 1.92. The molecule has 1 fully saturated rings. The highest BCUT2D eigenvalue weighted by Gasteiger charge is 2.52. The first-order valence-corrected chi connectivity index (χ1v) is 12.1. The van der Waals surface area contributed by atoms with Crippen molar-refractivity contribution in [3.05, 3.63) is 93.8 Å². The number of fused-ring (bicyclic) bond motifs is 1. The van der Waals surface area contributed by atoms with E-state index in [9.17, 15) is 0 Å². The topological polar surface area (TPSA) is 41.1 Å². The number of rotatable bonds is 3. The summed E-state index contributed by atoms with van der Waals surface area (Å²) in [6.45, 7) is 2.97. The SMILES string of the molecule is Cc1[nH]nc2c1C(c1ccccc1)C1=C(O2)N(Cc2ccccc2)C2(CCCCC2)S1. The zero-order chi connectivity index (χ0) is 20.8. The average Bonchev–Trinajstić information content (AvgIpc) is 3.32. The number of nitrogens with zero attached hydrogens (tertiary/aromatic N) is 2. The summed E-state index contributed by atoms with van der Waals surface area (Å²) in [5.41, 5.74) is 4.91. The Hall–Kier alpha value is -2.66. The number of ether oxygens (including phenoxy) is 1. The van der Waals surface area contributed by atoms with E-state index in [0.29, 0.717) is 0 Å². The van der Waals surface area contributed by atoms with Gasteiger partial charge in [-0.3, -0.25) is 5.10 Å². The van der Waals surface area contributed by atoms with Crippen molar-refractivity contribution >= 4 is 11.8 Å². The van der Waals surface area contributed by atoms with Crippen molar-refractivity contribution in [2.75, 3.05) is 0 Å². The lowest BCUT2D eigenvalue weighted by Crippen LogP contribution is -2.44. The van der Waals surface area contributed by atoms with Crippen LogP contribution in [0.25, 0.3) is 0 Å². The van der Waals surface area contributed by atoms with Gasteiger partial charge in [-0.15, -0.1) is 5.10 Å². The van der Waals surface area contributed by atoms with Gasteiger partial charge < -0.3 is 9.64 Å². The number of aryl methyl sites for hydroxylation is 1. The van der Waals surface area contributed by atoms with Crippen LogP contribution in [0.4, 0.5) is 0 Å². The van der Waals surface area contributed by atoms with Gasteiger partial charge in [-0.1, -0.05) is 91.7 Å². The van der Waals surface area contributed by atoms with E-state index in [4.69, 9.17) is 4.74 Å². The maximum absolute atomic E-state index is 6.58. The Morgan fingerprint density at radius 2 is 1.74 bits per heavy atom. The van der Waals surface area contributed by atoms with E-state index in [1.807, 2.05) is 0 Å². The van der Waals surface area contributed by atoms with Crippen LogP contribution in [0.2, 0.25) is 0 Å². The maximum atomic E-state index is 6.58. The van der Waals surface area contributed by atoms with Crippen LogP contribution >= 0.6 is 11.8 Å². The van der Waals surface area contributed by atoms with Crippen molar-refractivity contribution < 1.29 is 4.74 Å². The zero-order valence-corrected chi connectivity index (χ0v) is 18.6. The quantitative estimate of drug-likeness (QED) is 0.529. The van der Waals surface area contributed by atoms with Crippen molar-refractivity contribution in [2.24, 2.45) is 0 Å². The molecule has 3 heterocycles. The lowest BCUT2D eigenvalue weighted by Gasteiger charge is -2.42. The molecule has 31 heavy (non-hydrogen) atoms. The fourth-order valence-corrected chi connectivity index (χ4v) is 7.16. The standard InChI is InChI=1S/C26H27N3OS/c1-18-21-22(20-13-7-3-8-14-20)23-25(30-24(21)28-27-18)29(17-19-11-5-2-6-12-19)26(31-23)15-9-4-10-16-26/h2-3,5-8,11-14,22H,4,9-10,15-17H2,1H3,(H,27,28). The molecular weight excluding hydrogens is 402 g/mol.